The molecule has 0 unspecified atom stereocenters. The highest BCUT2D eigenvalue weighted by Crippen LogP contribution is 2.16. The Kier molecular flexibility index (Phi) is 5.60. The molecule has 0 aromatic carbocycles. The lowest BCUT2D eigenvalue weighted by atomic mass is 10.2. The molecule has 0 bridgehead atoms. The number of anilines is 1. The van der Waals surface area contributed by atoms with Crippen molar-refractivity contribution in [1.29, 1.82) is 0 Å². The van der Waals surface area contributed by atoms with E-state index in [0.29, 0.717) is 24.7 Å². The Labute approximate surface area is 141 Å². The molecular weight excluding hydrogens is 308 g/mol. The van der Waals surface area contributed by atoms with Gasteiger partial charge >= 0.3 is 0 Å². The monoisotopic (exact) mass is 332 g/mol. The summed E-state index contributed by atoms with van der Waals surface area (Å²) < 4.78 is 6.72. The first-order valence-electron chi connectivity index (χ1n) is 8.42. The van der Waals surface area contributed by atoms with Gasteiger partial charge in [-0.25, -0.2) is 0 Å². The van der Waals surface area contributed by atoms with Crippen LogP contribution in [0.4, 0.5) is 5.95 Å². The summed E-state index contributed by atoms with van der Waals surface area (Å²) in [6.07, 6.45) is 6.22. The van der Waals surface area contributed by atoms with E-state index in [9.17, 15) is 4.79 Å². The number of carbonyl (C=O) groups excluding carboxylic acids is 1. The van der Waals surface area contributed by atoms with Gasteiger partial charge in [0.15, 0.2) is 5.82 Å². The van der Waals surface area contributed by atoms with E-state index in [4.69, 9.17) is 4.74 Å². The zero-order valence-corrected chi connectivity index (χ0v) is 14.0. The van der Waals surface area contributed by atoms with Crippen LogP contribution in [0, 0.1) is 0 Å². The number of allylic oxidation sites excluding steroid dienone is 2. The van der Waals surface area contributed by atoms with Gasteiger partial charge < -0.3 is 15.4 Å². The van der Waals surface area contributed by atoms with Crippen LogP contribution in [-0.2, 0) is 4.74 Å². The van der Waals surface area contributed by atoms with Crippen molar-refractivity contribution in [2.45, 2.75) is 13.3 Å². The molecule has 2 aliphatic rings. The van der Waals surface area contributed by atoms with Crippen LogP contribution in [0.1, 0.15) is 24.0 Å². The van der Waals surface area contributed by atoms with Crippen LogP contribution >= 0.6 is 0 Å². The number of hydrogen-bond donors (Lipinski definition) is 2. The molecule has 2 aliphatic heterocycles. The van der Waals surface area contributed by atoms with Crippen molar-refractivity contribution in [3.05, 3.63) is 24.2 Å². The van der Waals surface area contributed by atoms with Crippen LogP contribution in [-0.4, -0.2) is 71.5 Å². The zero-order chi connectivity index (χ0) is 16.8. The maximum Gasteiger partial charge on any atom is 0.249 e. The summed E-state index contributed by atoms with van der Waals surface area (Å²) in [5, 5.41) is 10.7. The van der Waals surface area contributed by atoms with E-state index < -0.39 is 0 Å². The highest BCUT2D eigenvalue weighted by Gasteiger charge is 2.17. The Morgan fingerprint density at radius 3 is 2.96 bits per heavy atom. The molecule has 3 heterocycles. The van der Waals surface area contributed by atoms with Crippen molar-refractivity contribution in [1.82, 2.24) is 25.0 Å². The van der Waals surface area contributed by atoms with Gasteiger partial charge in [-0.1, -0.05) is 19.1 Å². The van der Waals surface area contributed by atoms with Crippen LogP contribution in [0.25, 0.3) is 5.57 Å². The second-order valence-corrected chi connectivity index (χ2v) is 5.71. The molecule has 0 atom stereocenters. The molecule has 1 fully saturated rings. The molecule has 2 N–H and O–H groups in total. The fourth-order valence-corrected chi connectivity index (χ4v) is 2.63. The number of carbonyl (C=O) groups is 1. The standard InChI is InChI=1S/C16H24N6O2/c1-2-14(23)22-16(18-6-7-21-8-10-24-11-9-21)19-15(20-22)13-4-3-5-17-12-13/h3-4,12,17H,2,5-11H2,1H3,(H,18,19,20). The normalized spacial score (nSPS) is 18.1. The maximum atomic E-state index is 12.1. The van der Waals surface area contributed by atoms with Gasteiger partial charge in [0.05, 0.1) is 13.2 Å². The molecule has 1 aromatic heterocycles. The Balaban J connectivity index is 1.67. The molecule has 1 aromatic rings. The lowest BCUT2D eigenvalue weighted by molar-refractivity contribution is 0.0398. The molecule has 3 rings (SSSR count). The smallest absolute Gasteiger partial charge is 0.249 e. The Hall–Kier alpha value is -2.19. The number of ether oxygens (including phenoxy) is 1. The van der Waals surface area contributed by atoms with E-state index >= 15 is 0 Å². The second kappa shape index (κ2) is 8.07. The van der Waals surface area contributed by atoms with E-state index in [1.165, 1.54) is 4.68 Å². The molecule has 0 saturated carbocycles. The quantitative estimate of drug-likeness (QED) is 0.788. The van der Waals surface area contributed by atoms with Gasteiger partial charge in [-0.05, 0) is 0 Å². The average molecular weight is 332 g/mol. The fourth-order valence-electron chi connectivity index (χ4n) is 2.63. The number of aromatic nitrogens is 3. The van der Waals surface area contributed by atoms with Crippen LogP contribution in [0.2, 0.25) is 0 Å². The van der Waals surface area contributed by atoms with Crippen molar-refractivity contribution in [2.24, 2.45) is 0 Å². The predicted octanol–water partition coefficient (Wildman–Crippen LogP) is 0.573. The summed E-state index contributed by atoms with van der Waals surface area (Å²) in [6, 6.07) is 0. The molecule has 8 nitrogen and oxygen atoms in total. The average Bonchev–Trinajstić information content (AvgIpc) is 3.07. The van der Waals surface area contributed by atoms with Crippen LogP contribution in [0.15, 0.2) is 18.4 Å². The van der Waals surface area contributed by atoms with Crippen LogP contribution in [0.3, 0.4) is 0 Å². The van der Waals surface area contributed by atoms with E-state index in [2.05, 4.69) is 25.6 Å². The molecule has 0 amide bonds. The summed E-state index contributed by atoms with van der Waals surface area (Å²) in [4.78, 5) is 19.0. The first kappa shape index (κ1) is 16.7. The largest absolute Gasteiger partial charge is 0.387 e. The van der Waals surface area contributed by atoms with Crippen LogP contribution < -0.4 is 10.6 Å². The summed E-state index contributed by atoms with van der Waals surface area (Å²) in [6.45, 7) is 7.65. The number of nitrogens with zero attached hydrogens (tertiary/aromatic N) is 4. The molecule has 24 heavy (non-hydrogen) atoms. The minimum atomic E-state index is -0.0732. The fraction of sp³-hybridized carbons (Fsp3) is 0.562. The van der Waals surface area contributed by atoms with Crippen LogP contribution in [0.5, 0.6) is 0 Å². The molecule has 8 heteroatoms. The summed E-state index contributed by atoms with van der Waals surface area (Å²) in [7, 11) is 0. The number of hydrogen-bond acceptors (Lipinski definition) is 7. The lowest BCUT2D eigenvalue weighted by Gasteiger charge is -2.26. The van der Waals surface area contributed by atoms with E-state index in [0.717, 1.165) is 45.0 Å². The third kappa shape index (κ3) is 4.01. The second-order valence-electron chi connectivity index (χ2n) is 5.71. The minimum Gasteiger partial charge on any atom is -0.387 e. The third-order valence-electron chi connectivity index (χ3n) is 4.01. The number of nitrogens with one attached hydrogen (secondary N) is 2. The number of rotatable bonds is 6. The molecule has 0 aliphatic carbocycles. The molecule has 0 radical (unpaired) electrons. The third-order valence-corrected chi connectivity index (χ3v) is 4.01. The van der Waals surface area contributed by atoms with Crippen molar-refractivity contribution >= 4 is 17.4 Å². The number of dihydropyridines is 1. The Morgan fingerprint density at radius 2 is 2.25 bits per heavy atom. The van der Waals surface area contributed by atoms with Gasteiger partial charge in [0.1, 0.15) is 0 Å². The van der Waals surface area contributed by atoms with E-state index in [1.807, 2.05) is 25.3 Å². The Bertz CT molecular complexity index is 631. The number of morpholine rings is 1. The highest BCUT2D eigenvalue weighted by atomic mass is 16.5. The SMILES string of the molecule is CCC(=O)n1nc(C2=CNCC=C2)nc1NCCN1CCOCC1. The van der Waals surface area contributed by atoms with Gasteiger partial charge in [0.2, 0.25) is 11.9 Å². The molecule has 1 saturated heterocycles. The summed E-state index contributed by atoms with van der Waals surface area (Å²) in [5.41, 5.74) is 0.875. The van der Waals surface area contributed by atoms with Gasteiger partial charge in [-0.2, -0.15) is 9.67 Å². The van der Waals surface area contributed by atoms with Gasteiger partial charge in [-0.3, -0.25) is 9.69 Å². The summed E-state index contributed by atoms with van der Waals surface area (Å²) in [5.74, 6) is 0.982. The van der Waals surface area contributed by atoms with Crippen molar-refractivity contribution < 1.29 is 9.53 Å². The van der Waals surface area contributed by atoms with Crippen molar-refractivity contribution in [3.63, 3.8) is 0 Å². The maximum absolute atomic E-state index is 12.1. The molecule has 130 valence electrons. The zero-order valence-electron chi connectivity index (χ0n) is 14.0. The topological polar surface area (TPSA) is 84.3 Å². The minimum absolute atomic E-state index is 0.0732. The predicted molar refractivity (Wildman–Crippen MR) is 91.8 cm³/mol. The Morgan fingerprint density at radius 1 is 1.42 bits per heavy atom. The van der Waals surface area contributed by atoms with Gasteiger partial charge in [0.25, 0.3) is 0 Å². The van der Waals surface area contributed by atoms with Crippen molar-refractivity contribution in [3.8, 4) is 0 Å². The van der Waals surface area contributed by atoms with Gasteiger partial charge in [0, 0.05) is 50.9 Å². The molecular formula is C16H24N6O2. The van der Waals surface area contributed by atoms with Gasteiger partial charge in [-0.15, -0.1) is 5.10 Å². The van der Waals surface area contributed by atoms with E-state index in [-0.39, 0.29) is 5.91 Å². The highest BCUT2D eigenvalue weighted by molar-refractivity contribution is 5.81. The first-order chi connectivity index (χ1) is 11.8. The first-order valence-corrected chi connectivity index (χ1v) is 8.42. The van der Waals surface area contributed by atoms with Crippen molar-refractivity contribution in [2.75, 3.05) is 51.3 Å². The van der Waals surface area contributed by atoms with E-state index in [1.54, 1.807) is 0 Å². The molecule has 0 spiro atoms. The lowest BCUT2D eigenvalue weighted by Crippen LogP contribution is -2.39. The summed E-state index contributed by atoms with van der Waals surface area (Å²) >= 11 is 0.